The quantitative estimate of drug-likeness (QED) is 0.904. The van der Waals surface area contributed by atoms with Gasteiger partial charge in [0.15, 0.2) is 0 Å². The molecule has 1 aromatic heterocycles. The van der Waals surface area contributed by atoms with E-state index >= 15 is 0 Å². The Labute approximate surface area is 121 Å². The summed E-state index contributed by atoms with van der Waals surface area (Å²) in [6.45, 7) is 1.20. The number of halogens is 1. The summed E-state index contributed by atoms with van der Waals surface area (Å²) in [7, 11) is 0. The summed E-state index contributed by atoms with van der Waals surface area (Å²) in [5, 5.41) is 6.90. The smallest absolute Gasteiger partial charge is 0.272 e. The minimum Gasteiger partial charge on any atom is -0.333 e. The average molecular weight is 288 g/mol. The van der Waals surface area contributed by atoms with E-state index in [4.69, 9.17) is 5.73 Å². The largest absolute Gasteiger partial charge is 0.333 e. The summed E-state index contributed by atoms with van der Waals surface area (Å²) in [4.78, 5) is 14.2. The lowest BCUT2D eigenvalue weighted by Gasteiger charge is -2.22. The van der Waals surface area contributed by atoms with E-state index in [1.807, 2.05) is 0 Å². The number of hydrogen-bond acceptors (Lipinski definition) is 3. The van der Waals surface area contributed by atoms with Gasteiger partial charge in [0, 0.05) is 24.7 Å². The Morgan fingerprint density at radius 2 is 2.19 bits per heavy atom. The molecule has 1 aliphatic heterocycles. The molecule has 1 atom stereocenters. The molecule has 0 unspecified atom stereocenters. The van der Waals surface area contributed by atoms with E-state index in [0.717, 1.165) is 24.9 Å². The molecular weight excluding hydrogens is 271 g/mol. The third-order valence-electron chi connectivity index (χ3n) is 3.86. The van der Waals surface area contributed by atoms with Crippen LogP contribution in [-0.2, 0) is 0 Å². The van der Waals surface area contributed by atoms with Crippen molar-refractivity contribution in [3.63, 3.8) is 0 Å². The van der Waals surface area contributed by atoms with Crippen molar-refractivity contribution < 1.29 is 9.18 Å². The number of nitrogens with one attached hydrogen (secondary N) is 1. The second-order valence-corrected chi connectivity index (χ2v) is 5.20. The van der Waals surface area contributed by atoms with Crippen LogP contribution < -0.4 is 5.73 Å². The van der Waals surface area contributed by atoms with E-state index in [2.05, 4.69) is 10.2 Å². The summed E-state index contributed by atoms with van der Waals surface area (Å²) in [6.07, 6.45) is 1.92. The molecule has 3 N–H and O–H groups in total. The van der Waals surface area contributed by atoms with Crippen molar-refractivity contribution in [2.45, 2.75) is 18.9 Å². The Kier molecular flexibility index (Phi) is 3.70. The summed E-state index contributed by atoms with van der Waals surface area (Å²) >= 11 is 0. The highest BCUT2D eigenvalue weighted by Crippen LogP contribution is 2.22. The second kappa shape index (κ2) is 5.65. The Bertz CT molecular complexity index is 637. The van der Waals surface area contributed by atoms with Crippen LogP contribution in [0.15, 0.2) is 30.3 Å². The number of rotatable bonds is 3. The first-order valence-corrected chi connectivity index (χ1v) is 7.01. The van der Waals surface area contributed by atoms with Crippen molar-refractivity contribution in [1.82, 2.24) is 15.1 Å². The van der Waals surface area contributed by atoms with Gasteiger partial charge in [-0.25, -0.2) is 4.39 Å². The maximum absolute atomic E-state index is 12.9. The summed E-state index contributed by atoms with van der Waals surface area (Å²) in [5.41, 5.74) is 7.53. The number of H-pyrrole nitrogens is 1. The maximum atomic E-state index is 12.9. The number of aromatic amines is 1. The van der Waals surface area contributed by atoms with Gasteiger partial charge in [-0.15, -0.1) is 0 Å². The molecule has 0 bridgehead atoms. The fourth-order valence-electron chi connectivity index (χ4n) is 2.70. The monoisotopic (exact) mass is 288 g/mol. The first kappa shape index (κ1) is 13.8. The van der Waals surface area contributed by atoms with Crippen molar-refractivity contribution >= 4 is 5.91 Å². The van der Waals surface area contributed by atoms with Crippen LogP contribution in [0.2, 0.25) is 0 Å². The van der Waals surface area contributed by atoms with Gasteiger partial charge in [-0.2, -0.15) is 5.10 Å². The van der Waals surface area contributed by atoms with Crippen molar-refractivity contribution in [2.75, 3.05) is 13.1 Å². The molecule has 1 fully saturated rings. The van der Waals surface area contributed by atoms with E-state index in [-0.39, 0.29) is 17.8 Å². The number of amides is 1. The van der Waals surface area contributed by atoms with Gasteiger partial charge in [-0.05, 0) is 43.2 Å². The Hall–Kier alpha value is -2.21. The van der Waals surface area contributed by atoms with E-state index in [9.17, 15) is 9.18 Å². The highest BCUT2D eigenvalue weighted by Gasteiger charge is 2.29. The molecule has 1 amide bonds. The van der Waals surface area contributed by atoms with Crippen LogP contribution in [0.25, 0.3) is 11.3 Å². The number of aromatic nitrogens is 2. The number of carbonyl (C=O) groups excluding carboxylic acids is 1. The van der Waals surface area contributed by atoms with Crippen LogP contribution in [0.4, 0.5) is 4.39 Å². The number of benzene rings is 1. The zero-order valence-electron chi connectivity index (χ0n) is 11.6. The molecule has 2 aromatic rings. The Morgan fingerprint density at radius 1 is 1.43 bits per heavy atom. The first-order valence-electron chi connectivity index (χ1n) is 7.01. The number of nitrogens with zero attached hydrogens (tertiary/aromatic N) is 2. The second-order valence-electron chi connectivity index (χ2n) is 5.20. The molecule has 2 heterocycles. The lowest BCUT2D eigenvalue weighted by Crippen LogP contribution is -2.40. The molecule has 5 nitrogen and oxygen atoms in total. The van der Waals surface area contributed by atoms with Gasteiger partial charge in [0.1, 0.15) is 11.5 Å². The van der Waals surface area contributed by atoms with E-state index < -0.39 is 0 Å². The van der Waals surface area contributed by atoms with Crippen molar-refractivity contribution in [2.24, 2.45) is 5.73 Å². The number of hydrogen-bond donors (Lipinski definition) is 2. The summed E-state index contributed by atoms with van der Waals surface area (Å²) < 4.78 is 12.9. The van der Waals surface area contributed by atoms with Gasteiger partial charge in [-0.1, -0.05) is 0 Å². The van der Waals surface area contributed by atoms with Crippen LogP contribution in [0.5, 0.6) is 0 Å². The van der Waals surface area contributed by atoms with Crippen molar-refractivity contribution in [1.29, 1.82) is 0 Å². The standard InChI is InChI=1S/C15H17FN4O/c16-11-5-3-10(4-6-11)13-8-14(19-18-13)15(21)20-7-1-2-12(20)9-17/h3-6,8,12H,1-2,7,9,17H2,(H,18,19)/t12-/m1/s1. The molecule has 0 spiro atoms. The van der Waals surface area contributed by atoms with Crippen LogP contribution in [0.1, 0.15) is 23.3 Å². The molecule has 21 heavy (non-hydrogen) atoms. The third kappa shape index (κ3) is 2.67. The topological polar surface area (TPSA) is 75.0 Å². The van der Waals surface area contributed by atoms with E-state index in [0.29, 0.717) is 17.9 Å². The van der Waals surface area contributed by atoms with E-state index in [1.54, 1.807) is 23.1 Å². The van der Waals surface area contributed by atoms with Crippen LogP contribution in [-0.4, -0.2) is 40.1 Å². The Balaban J connectivity index is 1.81. The summed E-state index contributed by atoms with van der Waals surface area (Å²) in [5.74, 6) is -0.378. The first-order chi connectivity index (χ1) is 10.2. The molecule has 3 rings (SSSR count). The molecule has 0 aliphatic carbocycles. The highest BCUT2D eigenvalue weighted by molar-refractivity contribution is 5.93. The lowest BCUT2D eigenvalue weighted by atomic mass is 10.1. The third-order valence-corrected chi connectivity index (χ3v) is 3.86. The van der Waals surface area contributed by atoms with Crippen LogP contribution in [0.3, 0.4) is 0 Å². The molecule has 0 saturated carbocycles. The van der Waals surface area contributed by atoms with Gasteiger partial charge < -0.3 is 10.6 Å². The maximum Gasteiger partial charge on any atom is 0.272 e. The van der Waals surface area contributed by atoms with Gasteiger partial charge in [-0.3, -0.25) is 9.89 Å². The average Bonchev–Trinajstić information content (AvgIpc) is 3.16. The number of carbonyl (C=O) groups is 1. The molecule has 1 saturated heterocycles. The summed E-state index contributed by atoms with van der Waals surface area (Å²) in [6, 6.07) is 7.82. The zero-order valence-corrected chi connectivity index (χ0v) is 11.6. The number of likely N-dealkylation sites (tertiary alicyclic amines) is 1. The Morgan fingerprint density at radius 3 is 2.90 bits per heavy atom. The van der Waals surface area contributed by atoms with Gasteiger partial charge in [0.2, 0.25) is 0 Å². The van der Waals surface area contributed by atoms with Gasteiger partial charge in [0.25, 0.3) is 5.91 Å². The predicted octanol–water partition coefficient (Wildman–Crippen LogP) is 1.78. The highest BCUT2D eigenvalue weighted by atomic mass is 19.1. The van der Waals surface area contributed by atoms with Gasteiger partial charge >= 0.3 is 0 Å². The lowest BCUT2D eigenvalue weighted by molar-refractivity contribution is 0.0735. The molecule has 6 heteroatoms. The number of nitrogens with two attached hydrogens (primary N) is 1. The molecule has 1 aliphatic rings. The predicted molar refractivity (Wildman–Crippen MR) is 77.1 cm³/mol. The van der Waals surface area contributed by atoms with Crippen molar-refractivity contribution in [3.8, 4) is 11.3 Å². The normalized spacial score (nSPS) is 18.2. The molecule has 0 radical (unpaired) electrons. The fraction of sp³-hybridized carbons (Fsp3) is 0.333. The van der Waals surface area contributed by atoms with Gasteiger partial charge in [0.05, 0.1) is 5.69 Å². The SMILES string of the molecule is NC[C@H]1CCCN1C(=O)c1cc(-c2ccc(F)cc2)n[nH]1. The van der Waals surface area contributed by atoms with Crippen LogP contribution >= 0.6 is 0 Å². The zero-order chi connectivity index (χ0) is 14.8. The van der Waals surface area contributed by atoms with Crippen LogP contribution in [0, 0.1) is 5.82 Å². The minimum atomic E-state index is -0.298. The van der Waals surface area contributed by atoms with Crippen molar-refractivity contribution in [3.05, 3.63) is 41.8 Å². The fourth-order valence-corrected chi connectivity index (χ4v) is 2.70. The molecule has 1 aromatic carbocycles. The minimum absolute atomic E-state index is 0.0798. The molecule has 110 valence electrons. The molecular formula is C15H17FN4O. The van der Waals surface area contributed by atoms with E-state index in [1.165, 1.54) is 12.1 Å².